The minimum absolute atomic E-state index is 0.242. The Labute approximate surface area is 174 Å². The van der Waals surface area contributed by atoms with Gasteiger partial charge in [0.25, 0.3) is 0 Å². The highest BCUT2D eigenvalue weighted by Crippen LogP contribution is 2.38. The van der Waals surface area contributed by atoms with Gasteiger partial charge < -0.3 is 23.7 Å². The third kappa shape index (κ3) is 4.17. The summed E-state index contributed by atoms with van der Waals surface area (Å²) in [5, 5.41) is 0. The summed E-state index contributed by atoms with van der Waals surface area (Å²) in [6, 6.07) is 18.8. The lowest BCUT2D eigenvalue weighted by Crippen LogP contribution is -2.06. The summed E-state index contributed by atoms with van der Waals surface area (Å²) < 4.78 is 27.6. The second kappa shape index (κ2) is 8.78. The van der Waals surface area contributed by atoms with Gasteiger partial charge in [0.05, 0.1) is 14.2 Å². The first-order chi connectivity index (χ1) is 14.7. The van der Waals surface area contributed by atoms with E-state index in [9.17, 15) is 4.79 Å². The molecule has 0 saturated carbocycles. The molecule has 0 fully saturated rings. The Morgan fingerprint density at radius 3 is 1.90 bits per heavy atom. The summed E-state index contributed by atoms with van der Waals surface area (Å²) in [4.78, 5) is 12.3. The maximum absolute atomic E-state index is 12.3. The Hall–Kier alpha value is -3.67. The number of carbonyl (C=O) groups excluding carboxylic acids is 1. The van der Waals surface area contributed by atoms with E-state index in [1.165, 1.54) is 0 Å². The second-order valence-electron chi connectivity index (χ2n) is 6.78. The molecule has 0 aromatic heterocycles. The van der Waals surface area contributed by atoms with Gasteiger partial charge in [0, 0.05) is 5.56 Å². The topological polar surface area (TPSA) is 63.2 Å². The van der Waals surface area contributed by atoms with Gasteiger partial charge in [-0.15, -0.1) is 0 Å². The molecule has 6 heteroatoms. The SMILES string of the molecule is COc1ccc(COc2ccc3c(c2OCc2ccc(OC)cc2)C(=O)OC3)cc1. The van der Waals surface area contributed by atoms with Crippen LogP contribution in [0.5, 0.6) is 23.0 Å². The third-order valence-electron chi connectivity index (χ3n) is 4.87. The highest BCUT2D eigenvalue weighted by Gasteiger charge is 2.29. The van der Waals surface area contributed by atoms with Crippen LogP contribution in [0.15, 0.2) is 60.7 Å². The van der Waals surface area contributed by atoms with Crippen LogP contribution in [0.1, 0.15) is 27.0 Å². The van der Waals surface area contributed by atoms with Crippen molar-refractivity contribution in [3.8, 4) is 23.0 Å². The summed E-state index contributed by atoms with van der Waals surface area (Å²) in [7, 11) is 3.25. The van der Waals surface area contributed by atoms with Crippen molar-refractivity contribution in [2.45, 2.75) is 19.8 Å². The second-order valence-corrected chi connectivity index (χ2v) is 6.78. The molecule has 30 heavy (non-hydrogen) atoms. The molecule has 154 valence electrons. The van der Waals surface area contributed by atoms with E-state index in [1.807, 2.05) is 60.7 Å². The molecule has 4 rings (SSSR count). The molecule has 1 aliphatic rings. The molecule has 0 N–H and O–H groups in total. The van der Waals surface area contributed by atoms with Gasteiger partial charge in [0.2, 0.25) is 0 Å². The van der Waals surface area contributed by atoms with Gasteiger partial charge in [0.15, 0.2) is 11.5 Å². The van der Waals surface area contributed by atoms with E-state index in [2.05, 4.69) is 0 Å². The molecule has 0 saturated heterocycles. The normalized spacial score (nSPS) is 12.1. The van der Waals surface area contributed by atoms with Gasteiger partial charge in [-0.2, -0.15) is 0 Å². The Balaban J connectivity index is 1.55. The highest BCUT2D eigenvalue weighted by molar-refractivity contribution is 5.97. The fraction of sp³-hybridized carbons (Fsp3) is 0.208. The van der Waals surface area contributed by atoms with Crippen LogP contribution in [0.4, 0.5) is 0 Å². The number of carbonyl (C=O) groups is 1. The number of cyclic esters (lactones) is 1. The number of hydrogen-bond acceptors (Lipinski definition) is 6. The Morgan fingerprint density at radius 1 is 0.767 bits per heavy atom. The van der Waals surface area contributed by atoms with Crippen molar-refractivity contribution in [2.24, 2.45) is 0 Å². The summed E-state index contributed by atoms with van der Waals surface area (Å²) in [6.45, 7) is 0.856. The van der Waals surface area contributed by atoms with Crippen molar-refractivity contribution in [1.29, 1.82) is 0 Å². The zero-order valence-corrected chi connectivity index (χ0v) is 16.8. The lowest BCUT2D eigenvalue weighted by molar-refractivity contribution is 0.0531. The predicted molar refractivity (Wildman–Crippen MR) is 110 cm³/mol. The van der Waals surface area contributed by atoms with E-state index in [-0.39, 0.29) is 13.2 Å². The molecule has 0 radical (unpaired) electrons. The van der Waals surface area contributed by atoms with Crippen molar-refractivity contribution >= 4 is 5.97 Å². The summed E-state index contributed by atoms with van der Waals surface area (Å²) in [6.07, 6.45) is 0. The van der Waals surface area contributed by atoms with E-state index in [0.29, 0.717) is 23.7 Å². The highest BCUT2D eigenvalue weighted by atomic mass is 16.5. The zero-order chi connectivity index (χ0) is 20.9. The average Bonchev–Trinajstić information content (AvgIpc) is 3.18. The molecular formula is C24H22O6. The Bertz CT molecular complexity index is 1020. The van der Waals surface area contributed by atoms with Crippen molar-refractivity contribution in [2.75, 3.05) is 14.2 Å². The molecular weight excluding hydrogens is 384 g/mol. The number of esters is 1. The molecule has 0 bridgehead atoms. The van der Waals surface area contributed by atoms with Gasteiger partial charge in [-0.3, -0.25) is 0 Å². The van der Waals surface area contributed by atoms with Crippen LogP contribution in [0.2, 0.25) is 0 Å². The Morgan fingerprint density at radius 2 is 1.33 bits per heavy atom. The lowest BCUT2D eigenvalue weighted by Gasteiger charge is -2.15. The first kappa shape index (κ1) is 19.6. The fourth-order valence-electron chi connectivity index (χ4n) is 3.18. The molecule has 6 nitrogen and oxygen atoms in total. The predicted octanol–water partition coefficient (Wildman–Crippen LogP) is 4.53. The lowest BCUT2D eigenvalue weighted by atomic mass is 10.1. The van der Waals surface area contributed by atoms with Crippen LogP contribution < -0.4 is 18.9 Å². The largest absolute Gasteiger partial charge is 0.497 e. The summed E-state index contributed by atoms with van der Waals surface area (Å²) >= 11 is 0. The zero-order valence-electron chi connectivity index (χ0n) is 16.8. The molecule has 0 aliphatic carbocycles. The van der Waals surface area contributed by atoms with E-state index >= 15 is 0 Å². The van der Waals surface area contributed by atoms with Gasteiger partial charge in [-0.1, -0.05) is 30.3 Å². The average molecular weight is 406 g/mol. The van der Waals surface area contributed by atoms with Crippen molar-refractivity contribution in [3.63, 3.8) is 0 Å². The fourth-order valence-corrected chi connectivity index (χ4v) is 3.18. The van der Waals surface area contributed by atoms with Gasteiger partial charge in [0.1, 0.15) is 36.9 Å². The quantitative estimate of drug-likeness (QED) is 0.512. The number of hydrogen-bond donors (Lipinski definition) is 0. The molecule has 0 spiro atoms. The number of fused-ring (bicyclic) bond motifs is 1. The third-order valence-corrected chi connectivity index (χ3v) is 4.87. The van der Waals surface area contributed by atoms with Gasteiger partial charge in [-0.25, -0.2) is 4.79 Å². The van der Waals surface area contributed by atoms with Crippen molar-refractivity contribution in [1.82, 2.24) is 0 Å². The van der Waals surface area contributed by atoms with Gasteiger partial charge in [-0.05, 0) is 41.5 Å². The Kier molecular flexibility index (Phi) is 5.75. The minimum atomic E-state index is -0.398. The van der Waals surface area contributed by atoms with Crippen LogP contribution in [0, 0.1) is 0 Å². The molecule has 1 aliphatic heterocycles. The standard InChI is InChI=1S/C24H22O6/c1-26-19-8-3-16(4-9-19)13-28-21-12-7-18-15-30-24(25)22(18)23(21)29-14-17-5-10-20(27-2)11-6-17/h3-12H,13-15H2,1-2H3. The summed E-state index contributed by atoms with van der Waals surface area (Å²) in [5.41, 5.74) is 3.14. The van der Waals surface area contributed by atoms with Crippen LogP contribution >= 0.6 is 0 Å². The van der Waals surface area contributed by atoms with Crippen molar-refractivity contribution < 1.29 is 28.5 Å². The number of benzene rings is 3. The summed E-state index contributed by atoms with van der Waals surface area (Å²) in [5.74, 6) is 2.05. The molecule has 0 unspecified atom stereocenters. The monoisotopic (exact) mass is 406 g/mol. The molecule has 3 aromatic rings. The molecule has 1 heterocycles. The van der Waals surface area contributed by atoms with Crippen LogP contribution in [0.25, 0.3) is 0 Å². The van der Waals surface area contributed by atoms with E-state index in [0.717, 1.165) is 28.2 Å². The van der Waals surface area contributed by atoms with Crippen LogP contribution in [-0.4, -0.2) is 20.2 Å². The van der Waals surface area contributed by atoms with E-state index in [4.69, 9.17) is 23.7 Å². The van der Waals surface area contributed by atoms with E-state index < -0.39 is 5.97 Å². The minimum Gasteiger partial charge on any atom is -0.497 e. The van der Waals surface area contributed by atoms with Crippen LogP contribution in [-0.2, 0) is 24.6 Å². The van der Waals surface area contributed by atoms with Crippen LogP contribution in [0.3, 0.4) is 0 Å². The first-order valence-corrected chi connectivity index (χ1v) is 9.52. The van der Waals surface area contributed by atoms with Gasteiger partial charge >= 0.3 is 5.97 Å². The maximum atomic E-state index is 12.3. The molecule has 3 aromatic carbocycles. The number of ether oxygens (including phenoxy) is 5. The first-order valence-electron chi connectivity index (χ1n) is 9.52. The number of methoxy groups -OCH3 is 2. The number of rotatable bonds is 8. The maximum Gasteiger partial charge on any atom is 0.342 e. The smallest absolute Gasteiger partial charge is 0.342 e. The van der Waals surface area contributed by atoms with E-state index in [1.54, 1.807) is 14.2 Å². The molecule has 0 atom stereocenters. The molecule has 0 amide bonds. The van der Waals surface area contributed by atoms with Crippen molar-refractivity contribution in [3.05, 3.63) is 82.9 Å².